The topological polar surface area (TPSA) is 56.0 Å². The van der Waals surface area contributed by atoms with Gasteiger partial charge in [-0.1, -0.05) is 6.07 Å². The minimum Gasteiger partial charge on any atom is -0.398 e. The SMILES string of the molecule is Nc1cc(F)ccc1S(=O)Cc1cccnc1. The molecule has 0 radical (unpaired) electrons. The zero-order valence-electron chi connectivity index (χ0n) is 8.97. The standard InChI is InChI=1S/C12H11FN2OS/c13-10-3-4-12(11(14)6-10)17(16)8-9-2-1-5-15-7-9/h1-7H,8,14H2. The summed E-state index contributed by atoms with van der Waals surface area (Å²) in [5.74, 6) is -0.103. The molecule has 2 N–H and O–H groups in total. The molecular weight excluding hydrogens is 239 g/mol. The normalized spacial score (nSPS) is 12.3. The molecule has 2 aromatic rings. The summed E-state index contributed by atoms with van der Waals surface area (Å²) < 4.78 is 24.9. The molecule has 1 aromatic heterocycles. The summed E-state index contributed by atoms with van der Waals surface area (Å²) in [5.41, 5.74) is 6.70. The average Bonchev–Trinajstić information content (AvgIpc) is 2.30. The number of hydrogen-bond acceptors (Lipinski definition) is 3. The number of nitrogens with zero attached hydrogens (tertiary/aromatic N) is 1. The first-order valence-electron chi connectivity index (χ1n) is 4.99. The summed E-state index contributed by atoms with van der Waals surface area (Å²) in [6.07, 6.45) is 3.30. The van der Waals surface area contributed by atoms with Crippen LogP contribution >= 0.6 is 0 Å². The van der Waals surface area contributed by atoms with Crippen LogP contribution in [-0.4, -0.2) is 9.19 Å². The molecule has 1 aromatic carbocycles. The molecule has 2 rings (SSSR count). The van der Waals surface area contributed by atoms with Crippen molar-refractivity contribution in [2.24, 2.45) is 0 Å². The van der Waals surface area contributed by atoms with Gasteiger partial charge in [0.1, 0.15) is 5.82 Å². The molecular formula is C12H11FN2OS. The maximum atomic E-state index is 12.8. The van der Waals surface area contributed by atoms with Crippen LogP contribution in [0.15, 0.2) is 47.6 Å². The Hall–Kier alpha value is -1.75. The van der Waals surface area contributed by atoms with Gasteiger partial charge in [0.05, 0.1) is 27.1 Å². The van der Waals surface area contributed by atoms with E-state index in [9.17, 15) is 8.60 Å². The molecule has 1 unspecified atom stereocenters. The molecule has 0 amide bonds. The summed E-state index contributed by atoms with van der Waals surface area (Å²) in [4.78, 5) is 4.40. The highest BCUT2D eigenvalue weighted by atomic mass is 32.2. The van der Waals surface area contributed by atoms with Gasteiger partial charge in [0.25, 0.3) is 0 Å². The molecule has 0 aliphatic heterocycles. The minimum atomic E-state index is -1.29. The van der Waals surface area contributed by atoms with Crippen molar-refractivity contribution in [3.05, 3.63) is 54.1 Å². The molecule has 1 heterocycles. The highest BCUT2D eigenvalue weighted by molar-refractivity contribution is 7.84. The second kappa shape index (κ2) is 5.05. The van der Waals surface area contributed by atoms with Crippen molar-refractivity contribution in [2.75, 3.05) is 5.73 Å². The number of nitrogen functional groups attached to an aromatic ring is 1. The van der Waals surface area contributed by atoms with Gasteiger partial charge in [-0.15, -0.1) is 0 Å². The molecule has 0 bridgehead atoms. The Labute approximate surface area is 101 Å². The van der Waals surface area contributed by atoms with E-state index in [1.807, 2.05) is 6.07 Å². The number of nitrogens with two attached hydrogens (primary N) is 1. The van der Waals surface area contributed by atoms with E-state index in [1.54, 1.807) is 18.5 Å². The molecule has 0 spiro atoms. The second-order valence-electron chi connectivity index (χ2n) is 3.53. The fourth-order valence-corrected chi connectivity index (χ4v) is 2.61. The van der Waals surface area contributed by atoms with Gasteiger partial charge in [0.15, 0.2) is 0 Å². The van der Waals surface area contributed by atoms with Crippen LogP contribution in [0, 0.1) is 5.82 Å². The monoisotopic (exact) mass is 250 g/mol. The second-order valence-corrected chi connectivity index (χ2v) is 4.95. The lowest BCUT2D eigenvalue weighted by Crippen LogP contribution is -2.01. The van der Waals surface area contributed by atoms with Gasteiger partial charge in [0, 0.05) is 12.4 Å². The van der Waals surface area contributed by atoms with Crippen LogP contribution < -0.4 is 5.73 Å². The van der Waals surface area contributed by atoms with E-state index in [-0.39, 0.29) is 5.69 Å². The lowest BCUT2D eigenvalue weighted by molar-refractivity contribution is 0.627. The Morgan fingerprint density at radius 2 is 2.18 bits per heavy atom. The third-order valence-corrected chi connectivity index (χ3v) is 3.70. The summed E-state index contributed by atoms with van der Waals surface area (Å²) in [6, 6.07) is 7.51. The molecule has 17 heavy (non-hydrogen) atoms. The van der Waals surface area contributed by atoms with E-state index >= 15 is 0 Å². The van der Waals surface area contributed by atoms with Crippen LogP contribution in [0.2, 0.25) is 0 Å². The fourth-order valence-electron chi connectivity index (χ4n) is 1.44. The van der Waals surface area contributed by atoms with E-state index in [2.05, 4.69) is 4.98 Å². The number of pyridine rings is 1. The van der Waals surface area contributed by atoms with E-state index in [4.69, 9.17) is 5.73 Å². The quantitative estimate of drug-likeness (QED) is 0.849. The molecule has 0 saturated heterocycles. The Morgan fingerprint density at radius 1 is 1.35 bits per heavy atom. The summed E-state index contributed by atoms with van der Waals surface area (Å²) in [7, 11) is -1.29. The highest BCUT2D eigenvalue weighted by Crippen LogP contribution is 2.19. The van der Waals surface area contributed by atoms with Gasteiger partial charge in [0.2, 0.25) is 0 Å². The highest BCUT2D eigenvalue weighted by Gasteiger charge is 2.09. The lowest BCUT2D eigenvalue weighted by Gasteiger charge is -2.05. The Kier molecular flexibility index (Phi) is 3.49. The summed E-state index contributed by atoms with van der Waals surface area (Å²) in [6.45, 7) is 0. The zero-order valence-corrected chi connectivity index (χ0v) is 9.78. The average molecular weight is 250 g/mol. The van der Waals surface area contributed by atoms with Crippen LogP contribution in [0.4, 0.5) is 10.1 Å². The number of anilines is 1. The number of hydrogen-bond donors (Lipinski definition) is 1. The minimum absolute atomic E-state index is 0.215. The lowest BCUT2D eigenvalue weighted by atomic mass is 10.3. The molecule has 88 valence electrons. The number of rotatable bonds is 3. The van der Waals surface area contributed by atoms with E-state index in [0.29, 0.717) is 10.6 Å². The maximum Gasteiger partial charge on any atom is 0.125 e. The zero-order chi connectivity index (χ0) is 12.3. The van der Waals surface area contributed by atoms with E-state index < -0.39 is 16.6 Å². The van der Waals surface area contributed by atoms with Crippen molar-refractivity contribution >= 4 is 16.5 Å². The van der Waals surface area contributed by atoms with Crippen molar-refractivity contribution in [3.63, 3.8) is 0 Å². The summed E-state index contributed by atoms with van der Waals surface area (Å²) in [5, 5.41) is 0. The van der Waals surface area contributed by atoms with Crippen molar-refractivity contribution in [2.45, 2.75) is 10.6 Å². The fraction of sp³-hybridized carbons (Fsp3) is 0.0833. The predicted molar refractivity (Wildman–Crippen MR) is 65.2 cm³/mol. The third kappa shape index (κ3) is 2.88. The van der Waals surface area contributed by atoms with Gasteiger partial charge in [-0.25, -0.2) is 4.39 Å². The Bertz CT molecular complexity index is 545. The number of benzene rings is 1. The van der Waals surface area contributed by atoms with Crippen LogP contribution in [0.5, 0.6) is 0 Å². The van der Waals surface area contributed by atoms with Crippen LogP contribution in [0.25, 0.3) is 0 Å². The van der Waals surface area contributed by atoms with Crippen LogP contribution in [0.3, 0.4) is 0 Å². The smallest absolute Gasteiger partial charge is 0.125 e. The van der Waals surface area contributed by atoms with E-state index in [1.165, 1.54) is 18.2 Å². The van der Waals surface area contributed by atoms with Crippen LogP contribution in [0.1, 0.15) is 5.56 Å². The van der Waals surface area contributed by atoms with Crippen molar-refractivity contribution in [1.82, 2.24) is 4.98 Å². The number of aromatic nitrogens is 1. The Balaban J connectivity index is 2.21. The Morgan fingerprint density at radius 3 is 2.82 bits per heavy atom. The molecule has 5 heteroatoms. The largest absolute Gasteiger partial charge is 0.398 e. The molecule has 0 aliphatic rings. The summed E-state index contributed by atoms with van der Waals surface area (Å²) >= 11 is 0. The molecule has 3 nitrogen and oxygen atoms in total. The maximum absolute atomic E-state index is 12.8. The van der Waals surface area contributed by atoms with Gasteiger partial charge >= 0.3 is 0 Å². The van der Waals surface area contributed by atoms with Gasteiger partial charge in [-0.3, -0.25) is 9.19 Å². The predicted octanol–water partition coefficient (Wildman–Crippen LogP) is 2.11. The molecule has 0 aliphatic carbocycles. The van der Waals surface area contributed by atoms with Gasteiger partial charge < -0.3 is 5.73 Å². The first-order chi connectivity index (χ1) is 8.16. The van der Waals surface area contributed by atoms with Crippen LogP contribution in [-0.2, 0) is 16.6 Å². The van der Waals surface area contributed by atoms with Crippen molar-refractivity contribution in [3.8, 4) is 0 Å². The molecule has 0 fully saturated rings. The number of halogens is 1. The van der Waals surface area contributed by atoms with Crippen molar-refractivity contribution in [1.29, 1.82) is 0 Å². The molecule has 0 saturated carbocycles. The third-order valence-electron chi connectivity index (χ3n) is 2.24. The van der Waals surface area contributed by atoms with Gasteiger partial charge in [-0.2, -0.15) is 0 Å². The first-order valence-corrected chi connectivity index (χ1v) is 6.31. The van der Waals surface area contributed by atoms with Crippen molar-refractivity contribution < 1.29 is 8.60 Å². The van der Waals surface area contributed by atoms with E-state index in [0.717, 1.165) is 5.56 Å². The van der Waals surface area contributed by atoms with Gasteiger partial charge in [-0.05, 0) is 29.8 Å². The molecule has 1 atom stereocenters. The first kappa shape index (κ1) is 11.7.